The fourth-order valence-corrected chi connectivity index (χ4v) is 1.74. The van der Waals surface area contributed by atoms with Crippen molar-refractivity contribution in [1.82, 2.24) is 5.32 Å². The lowest BCUT2D eigenvalue weighted by Crippen LogP contribution is -2.46. The first-order valence-electron chi connectivity index (χ1n) is 4.44. The van der Waals surface area contributed by atoms with Gasteiger partial charge in [-0.15, -0.1) is 0 Å². The zero-order valence-electron chi connectivity index (χ0n) is 7.20. The molecule has 0 saturated carbocycles. The number of halogens is 1. The Morgan fingerprint density at radius 1 is 1.38 bits per heavy atom. The Morgan fingerprint density at radius 3 is 2.46 bits per heavy atom. The minimum Gasteiger partial charge on any atom is -0.387 e. The van der Waals surface area contributed by atoms with E-state index in [1.54, 1.807) is 0 Å². The molecule has 0 aromatic heterocycles. The van der Waals surface area contributed by atoms with Crippen LogP contribution in [0.1, 0.15) is 18.1 Å². The van der Waals surface area contributed by atoms with E-state index in [0.717, 1.165) is 23.0 Å². The summed E-state index contributed by atoms with van der Waals surface area (Å²) in [5, 5.41) is 13.0. The van der Waals surface area contributed by atoms with Crippen molar-refractivity contribution in [2.45, 2.75) is 18.6 Å². The second kappa shape index (κ2) is 3.78. The summed E-state index contributed by atoms with van der Waals surface area (Å²) in [4.78, 5) is 0. The first-order valence-corrected chi connectivity index (χ1v) is 5.23. The standard InChI is InChI=1S/C10H12BrNO/c11-8-3-1-7(2-4-8)10(13)9-5-6-12-9/h1-4,9-10,12-13H,5-6H2. The van der Waals surface area contributed by atoms with Crippen LogP contribution in [-0.2, 0) is 0 Å². The molecule has 1 aromatic rings. The molecule has 1 aliphatic heterocycles. The quantitative estimate of drug-likeness (QED) is 0.829. The summed E-state index contributed by atoms with van der Waals surface area (Å²) in [5.41, 5.74) is 0.986. The van der Waals surface area contributed by atoms with E-state index in [-0.39, 0.29) is 12.1 Å². The summed E-state index contributed by atoms with van der Waals surface area (Å²) >= 11 is 3.37. The fraction of sp³-hybridized carbons (Fsp3) is 0.400. The van der Waals surface area contributed by atoms with E-state index in [9.17, 15) is 5.11 Å². The van der Waals surface area contributed by atoms with Crippen LogP contribution in [0.15, 0.2) is 28.7 Å². The van der Waals surface area contributed by atoms with Gasteiger partial charge in [-0.25, -0.2) is 0 Å². The second-order valence-corrected chi connectivity index (χ2v) is 4.26. The SMILES string of the molecule is OC(c1ccc(Br)cc1)C1CCN1. The third-order valence-corrected chi connectivity index (χ3v) is 2.98. The van der Waals surface area contributed by atoms with Crippen molar-refractivity contribution in [3.63, 3.8) is 0 Å². The summed E-state index contributed by atoms with van der Waals surface area (Å²) in [6.45, 7) is 1.03. The van der Waals surface area contributed by atoms with Crippen molar-refractivity contribution < 1.29 is 5.11 Å². The average molecular weight is 242 g/mol. The zero-order valence-corrected chi connectivity index (χ0v) is 8.79. The molecule has 2 N–H and O–H groups in total. The predicted molar refractivity (Wildman–Crippen MR) is 55.5 cm³/mol. The first-order chi connectivity index (χ1) is 6.27. The van der Waals surface area contributed by atoms with E-state index in [0.29, 0.717) is 0 Å². The summed E-state index contributed by atoms with van der Waals surface area (Å²) in [7, 11) is 0. The van der Waals surface area contributed by atoms with Gasteiger partial charge in [0.05, 0.1) is 6.10 Å². The summed E-state index contributed by atoms with van der Waals surface area (Å²) < 4.78 is 1.05. The molecule has 0 radical (unpaired) electrons. The van der Waals surface area contributed by atoms with Crippen LogP contribution in [0.4, 0.5) is 0 Å². The van der Waals surface area contributed by atoms with Crippen LogP contribution in [0.2, 0.25) is 0 Å². The highest BCUT2D eigenvalue weighted by Gasteiger charge is 2.25. The lowest BCUT2D eigenvalue weighted by molar-refractivity contribution is 0.0957. The van der Waals surface area contributed by atoms with Crippen LogP contribution in [0.25, 0.3) is 0 Å². The molecule has 0 aliphatic carbocycles. The Kier molecular flexibility index (Phi) is 2.67. The van der Waals surface area contributed by atoms with Gasteiger partial charge in [-0.1, -0.05) is 28.1 Å². The molecular weight excluding hydrogens is 230 g/mol. The fourth-order valence-electron chi connectivity index (χ4n) is 1.47. The predicted octanol–water partition coefficient (Wildman–Crippen LogP) is 1.84. The maximum Gasteiger partial charge on any atom is 0.0943 e. The molecule has 13 heavy (non-hydrogen) atoms. The number of hydrogen-bond donors (Lipinski definition) is 2. The molecule has 0 bridgehead atoms. The average Bonchev–Trinajstić information content (AvgIpc) is 2.02. The van der Waals surface area contributed by atoms with E-state index in [2.05, 4.69) is 21.2 Å². The Morgan fingerprint density at radius 2 is 2.00 bits per heavy atom. The largest absolute Gasteiger partial charge is 0.387 e. The third kappa shape index (κ3) is 1.93. The summed E-state index contributed by atoms with van der Waals surface area (Å²) in [5.74, 6) is 0. The minimum absolute atomic E-state index is 0.251. The highest BCUT2D eigenvalue weighted by Crippen LogP contribution is 2.23. The molecule has 1 aromatic carbocycles. The lowest BCUT2D eigenvalue weighted by atomic mass is 9.95. The minimum atomic E-state index is -0.359. The molecule has 0 spiro atoms. The highest BCUT2D eigenvalue weighted by atomic mass is 79.9. The van der Waals surface area contributed by atoms with Gasteiger partial charge in [0.1, 0.15) is 0 Å². The van der Waals surface area contributed by atoms with E-state index in [1.165, 1.54) is 0 Å². The Hall–Kier alpha value is -0.380. The summed E-state index contributed by atoms with van der Waals surface area (Å²) in [6, 6.07) is 8.07. The van der Waals surface area contributed by atoms with Gasteiger partial charge < -0.3 is 10.4 Å². The molecule has 2 nitrogen and oxygen atoms in total. The van der Waals surface area contributed by atoms with Crippen molar-refractivity contribution in [1.29, 1.82) is 0 Å². The second-order valence-electron chi connectivity index (χ2n) is 3.35. The Balaban J connectivity index is 2.10. The molecule has 3 heteroatoms. The number of aliphatic hydroxyl groups is 1. The van der Waals surface area contributed by atoms with Crippen LogP contribution in [0.5, 0.6) is 0 Å². The van der Waals surface area contributed by atoms with Gasteiger partial charge >= 0.3 is 0 Å². The lowest BCUT2D eigenvalue weighted by Gasteiger charge is -2.32. The number of nitrogens with one attached hydrogen (secondary N) is 1. The third-order valence-electron chi connectivity index (χ3n) is 2.45. The Bertz CT molecular complexity index is 281. The van der Waals surface area contributed by atoms with Crippen LogP contribution >= 0.6 is 15.9 Å². The maximum atomic E-state index is 9.85. The normalized spacial score (nSPS) is 23.7. The van der Waals surface area contributed by atoms with Gasteiger partial charge in [0.25, 0.3) is 0 Å². The molecule has 1 aliphatic rings. The van der Waals surface area contributed by atoms with Crippen molar-refractivity contribution in [3.8, 4) is 0 Å². The molecule has 2 rings (SSSR count). The van der Waals surface area contributed by atoms with Gasteiger partial charge in [-0.3, -0.25) is 0 Å². The molecular formula is C10H12BrNO. The molecule has 2 atom stereocenters. The highest BCUT2D eigenvalue weighted by molar-refractivity contribution is 9.10. The van der Waals surface area contributed by atoms with Gasteiger partial charge in [-0.05, 0) is 30.7 Å². The van der Waals surface area contributed by atoms with E-state index in [1.807, 2.05) is 24.3 Å². The van der Waals surface area contributed by atoms with Crippen LogP contribution in [-0.4, -0.2) is 17.7 Å². The number of hydrogen-bond acceptors (Lipinski definition) is 2. The Labute approximate surface area is 86.1 Å². The number of aliphatic hydroxyl groups excluding tert-OH is 1. The monoisotopic (exact) mass is 241 g/mol. The molecule has 70 valence electrons. The van der Waals surface area contributed by atoms with Gasteiger partial charge in [-0.2, -0.15) is 0 Å². The van der Waals surface area contributed by atoms with E-state index < -0.39 is 0 Å². The van der Waals surface area contributed by atoms with Gasteiger partial charge in [0, 0.05) is 10.5 Å². The number of benzene rings is 1. The smallest absolute Gasteiger partial charge is 0.0943 e. The van der Waals surface area contributed by atoms with Crippen molar-refractivity contribution in [3.05, 3.63) is 34.3 Å². The van der Waals surface area contributed by atoms with Crippen LogP contribution < -0.4 is 5.32 Å². The molecule has 0 amide bonds. The number of rotatable bonds is 2. The van der Waals surface area contributed by atoms with E-state index in [4.69, 9.17) is 0 Å². The van der Waals surface area contributed by atoms with Crippen molar-refractivity contribution >= 4 is 15.9 Å². The summed E-state index contributed by atoms with van der Waals surface area (Å²) in [6.07, 6.45) is 0.707. The van der Waals surface area contributed by atoms with Gasteiger partial charge in [0.15, 0.2) is 0 Å². The van der Waals surface area contributed by atoms with Crippen LogP contribution in [0, 0.1) is 0 Å². The zero-order chi connectivity index (χ0) is 9.26. The molecule has 1 saturated heterocycles. The molecule has 1 fully saturated rings. The maximum absolute atomic E-state index is 9.85. The van der Waals surface area contributed by atoms with Crippen molar-refractivity contribution in [2.24, 2.45) is 0 Å². The first kappa shape index (κ1) is 9.19. The van der Waals surface area contributed by atoms with Gasteiger partial charge in [0.2, 0.25) is 0 Å². The molecule has 2 unspecified atom stereocenters. The topological polar surface area (TPSA) is 32.3 Å². The van der Waals surface area contributed by atoms with Crippen LogP contribution in [0.3, 0.4) is 0 Å². The van der Waals surface area contributed by atoms with E-state index >= 15 is 0 Å². The van der Waals surface area contributed by atoms with Crippen molar-refractivity contribution in [2.75, 3.05) is 6.54 Å². The molecule has 1 heterocycles.